The van der Waals surface area contributed by atoms with E-state index in [-0.39, 0.29) is 5.82 Å². The Hall–Kier alpha value is -1.61. The lowest BCUT2D eigenvalue weighted by Gasteiger charge is -2.08. The van der Waals surface area contributed by atoms with Gasteiger partial charge < -0.3 is 4.74 Å². The largest absolute Gasteiger partial charge is 0.457 e. The molecule has 0 N–H and O–H groups in total. The van der Waals surface area contributed by atoms with E-state index < -0.39 is 0 Å². The van der Waals surface area contributed by atoms with Crippen LogP contribution in [0.25, 0.3) is 0 Å². The first kappa shape index (κ1) is 10.9. The van der Waals surface area contributed by atoms with Gasteiger partial charge in [0.25, 0.3) is 0 Å². The van der Waals surface area contributed by atoms with E-state index >= 15 is 0 Å². The van der Waals surface area contributed by atoms with Crippen molar-refractivity contribution in [2.75, 3.05) is 0 Å². The molecule has 2 rings (SSSR count). The smallest absolute Gasteiger partial charge is 0.133 e. The number of pyridine rings is 1. The zero-order valence-corrected chi connectivity index (χ0v) is 9.33. The van der Waals surface area contributed by atoms with E-state index in [1.807, 2.05) is 6.92 Å². The molecule has 0 unspecified atom stereocenters. The maximum Gasteiger partial charge on any atom is 0.133 e. The van der Waals surface area contributed by atoms with E-state index in [0.29, 0.717) is 16.7 Å². The number of hydrogen-bond acceptors (Lipinski definition) is 2. The van der Waals surface area contributed by atoms with Crippen molar-refractivity contribution in [3.63, 3.8) is 0 Å². The second-order valence-corrected chi connectivity index (χ2v) is 3.71. The average molecular weight is 238 g/mol. The summed E-state index contributed by atoms with van der Waals surface area (Å²) in [5.41, 5.74) is 0.856. The van der Waals surface area contributed by atoms with Gasteiger partial charge in [-0.2, -0.15) is 0 Å². The van der Waals surface area contributed by atoms with Gasteiger partial charge in [-0.1, -0.05) is 17.7 Å². The maximum absolute atomic E-state index is 13.0. The van der Waals surface area contributed by atoms with Crippen LogP contribution in [0.1, 0.15) is 5.56 Å². The number of hydrogen-bond donors (Lipinski definition) is 0. The molecular weight excluding hydrogens is 229 g/mol. The summed E-state index contributed by atoms with van der Waals surface area (Å²) in [5, 5.41) is 0.339. The Kier molecular flexibility index (Phi) is 3.06. The molecule has 0 aliphatic heterocycles. The first-order valence-corrected chi connectivity index (χ1v) is 5.08. The molecule has 1 aromatic carbocycles. The van der Waals surface area contributed by atoms with Crippen LogP contribution < -0.4 is 4.74 Å². The molecule has 0 aliphatic rings. The molecule has 0 saturated carbocycles. The van der Waals surface area contributed by atoms with Crippen molar-refractivity contribution in [2.24, 2.45) is 0 Å². The van der Waals surface area contributed by atoms with Crippen LogP contribution >= 0.6 is 11.6 Å². The predicted octanol–water partition coefficient (Wildman–Crippen LogP) is 3.97. The van der Waals surface area contributed by atoms with Crippen LogP contribution in [-0.2, 0) is 0 Å². The highest BCUT2D eigenvalue weighted by molar-refractivity contribution is 6.29. The van der Waals surface area contributed by atoms with Crippen molar-refractivity contribution in [1.82, 2.24) is 4.98 Å². The van der Waals surface area contributed by atoms with Crippen molar-refractivity contribution < 1.29 is 9.13 Å². The lowest BCUT2D eigenvalue weighted by atomic mass is 10.2. The van der Waals surface area contributed by atoms with Gasteiger partial charge in [-0.3, -0.25) is 0 Å². The fourth-order valence-corrected chi connectivity index (χ4v) is 1.42. The van der Waals surface area contributed by atoms with Gasteiger partial charge in [0.05, 0.1) is 0 Å². The molecule has 1 aromatic heterocycles. The summed E-state index contributed by atoms with van der Waals surface area (Å²) < 4.78 is 18.5. The number of halogens is 2. The summed E-state index contributed by atoms with van der Waals surface area (Å²) in [6, 6.07) is 7.63. The zero-order valence-electron chi connectivity index (χ0n) is 8.58. The number of aryl methyl sites for hydroxylation is 1. The minimum atomic E-state index is -0.333. The topological polar surface area (TPSA) is 22.1 Å². The van der Waals surface area contributed by atoms with Crippen LogP contribution in [-0.4, -0.2) is 4.98 Å². The third-order valence-electron chi connectivity index (χ3n) is 2.08. The van der Waals surface area contributed by atoms with Gasteiger partial charge in [0.1, 0.15) is 22.5 Å². The van der Waals surface area contributed by atoms with Gasteiger partial charge in [-0.05, 0) is 24.6 Å². The SMILES string of the molecule is Cc1ccc(F)cc1Oc1ccnc(Cl)c1. The highest BCUT2D eigenvalue weighted by Gasteiger charge is 2.03. The molecule has 82 valence electrons. The number of aromatic nitrogens is 1. The van der Waals surface area contributed by atoms with E-state index in [2.05, 4.69) is 4.98 Å². The van der Waals surface area contributed by atoms with Crippen LogP contribution in [0, 0.1) is 12.7 Å². The highest BCUT2D eigenvalue weighted by atomic mass is 35.5. The number of ether oxygens (including phenoxy) is 1. The van der Waals surface area contributed by atoms with Crippen molar-refractivity contribution in [3.8, 4) is 11.5 Å². The fourth-order valence-electron chi connectivity index (χ4n) is 1.26. The van der Waals surface area contributed by atoms with Gasteiger partial charge in [0, 0.05) is 18.3 Å². The number of benzene rings is 1. The summed E-state index contributed by atoms with van der Waals surface area (Å²) in [6.45, 7) is 1.84. The van der Waals surface area contributed by atoms with Crippen LogP contribution in [0.15, 0.2) is 36.5 Å². The van der Waals surface area contributed by atoms with E-state index in [9.17, 15) is 4.39 Å². The van der Waals surface area contributed by atoms with Crippen molar-refractivity contribution in [1.29, 1.82) is 0 Å². The van der Waals surface area contributed by atoms with Crippen molar-refractivity contribution in [3.05, 3.63) is 53.1 Å². The predicted molar refractivity (Wildman–Crippen MR) is 60.5 cm³/mol. The molecule has 0 bridgehead atoms. The fraction of sp³-hybridized carbons (Fsp3) is 0.0833. The van der Waals surface area contributed by atoms with E-state index in [1.165, 1.54) is 18.3 Å². The van der Waals surface area contributed by atoms with Gasteiger partial charge in [-0.25, -0.2) is 9.37 Å². The molecule has 4 heteroatoms. The molecule has 1 heterocycles. The molecule has 0 spiro atoms. The second kappa shape index (κ2) is 4.49. The number of nitrogens with zero attached hydrogens (tertiary/aromatic N) is 1. The summed E-state index contributed by atoms with van der Waals surface area (Å²) >= 11 is 5.72. The molecule has 16 heavy (non-hydrogen) atoms. The molecule has 2 nitrogen and oxygen atoms in total. The van der Waals surface area contributed by atoms with Crippen LogP contribution in [0.3, 0.4) is 0 Å². The Morgan fingerprint density at radius 2 is 2.06 bits per heavy atom. The number of rotatable bonds is 2. The van der Waals surface area contributed by atoms with Crippen LogP contribution in [0.2, 0.25) is 5.15 Å². The summed E-state index contributed by atoms with van der Waals surface area (Å²) in [4.78, 5) is 3.83. The van der Waals surface area contributed by atoms with Gasteiger partial charge in [0.2, 0.25) is 0 Å². The van der Waals surface area contributed by atoms with Gasteiger partial charge >= 0.3 is 0 Å². The molecular formula is C12H9ClFNO. The third kappa shape index (κ3) is 2.49. The third-order valence-corrected chi connectivity index (χ3v) is 2.28. The first-order chi connectivity index (χ1) is 7.65. The normalized spacial score (nSPS) is 10.2. The Bertz CT molecular complexity index is 516. The Labute approximate surface area is 97.7 Å². The van der Waals surface area contributed by atoms with E-state index in [4.69, 9.17) is 16.3 Å². The Balaban J connectivity index is 2.30. The minimum Gasteiger partial charge on any atom is -0.457 e. The monoisotopic (exact) mass is 237 g/mol. The maximum atomic E-state index is 13.0. The lowest BCUT2D eigenvalue weighted by Crippen LogP contribution is -1.89. The van der Waals surface area contributed by atoms with Crippen LogP contribution in [0.5, 0.6) is 11.5 Å². The Morgan fingerprint density at radius 1 is 1.25 bits per heavy atom. The summed E-state index contributed by atoms with van der Waals surface area (Å²) in [6.07, 6.45) is 1.53. The molecule has 0 fully saturated rings. The molecule has 0 saturated heterocycles. The molecule has 2 aromatic rings. The first-order valence-electron chi connectivity index (χ1n) is 4.71. The van der Waals surface area contributed by atoms with Crippen molar-refractivity contribution >= 4 is 11.6 Å². The second-order valence-electron chi connectivity index (χ2n) is 3.33. The summed E-state index contributed by atoms with van der Waals surface area (Å²) in [5.74, 6) is 0.678. The quantitative estimate of drug-likeness (QED) is 0.738. The van der Waals surface area contributed by atoms with E-state index in [1.54, 1.807) is 18.2 Å². The lowest BCUT2D eigenvalue weighted by molar-refractivity contribution is 0.472. The summed E-state index contributed by atoms with van der Waals surface area (Å²) in [7, 11) is 0. The van der Waals surface area contributed by atoms with Crippen molar-refractivity contribution in [2.45, 2.75) is 6.92 Å². The molecule has 0 amide bonds. The van der Waals surface area contributed by atoms with Gasteiger partial charge in [0.15, 0.2) is 0 Å². The van der Waals surface area contributed by atoms with Crippen LogP contribution in [0.4, 0.5) is 4.39 Å². The van der Waals surface area contributed by atoms with Gasteiger partial charge in [-0.15, -0.1) is 0 Å². The Morgan fingerprint density at radius 3 is 2.81 bits per heavy atom. The average Bonchev–Trinajstić information content (AvgIpc) is 2.24. The minimum absolute atomic E-state index is 0.333. The molecule has 0 atom stereocenters. The molecule has 0 radical (unpaired) electrons. The highest BCUT2D eigenvalue weighted by Crippen LogP contribution is 2.26. The zero-order chi connectivity index (χ0) is 11.5. The standard InChI is InChI=1S/C12H9ClFNO/c1-8-2-3-9(14)6-11(8)16-10-4-5-15-12(13)7-10/h2-7H,1H3. The molecule has 0 aliphatic carbocycles. The van der Waals surface area contributed by atoms with E-state index in [0.717, 1.165) is 5.56 Å².